The molecule has 0 saturated heterocycles. The minimum absolute atomic E-state index is 0.155. The van der Waals surface area contributed by atoms with E-state index >= 15 is 0 Å². The maximum Gasteiger partial charge on any atom is 0.326 e. The second-order valence-electron chi connectivity index (χ2n) is 4.84. The smallest absolute Gasteiger partial charge is 0.326 e. The van der Waals surface area contributed by atoms with Crippen molar-refractivity contribution < 1.29 is 41.4 Å². The van der Waals surface area contributed by atoms with Crippen LogP contribution in [0.25, 0.3) is 0 Å². The molecule has 0 heterocycles. The molecule has 1 unspecified atom stereocenters. The summed E-state index contributed by atoms with van der Waals surface area (Å²) >= 11 is 0. The fourth-order valence-electron chi connectivity index (χ4n) is 1.27. The van der Waals surface area contributed by atoms with Crippen LogP contribution in [0.5, 0.6) is 0 Å². The molecule has 0 aliphatic heterocycles. The molecule has 1 atom stereocenters. The molecule has 12 nitrogen and oxygen atoms in total. The Morgan fingerprint density at radius 2 is 1.50 bits per heavy atom. The molecular formula is C14H21N3O9S2. The van der Waals surface area contributed by atoms with E-state index in [1.165, 1.54) is 0 Å². The van der Waals surface area contributed by atoms with Crippen LogP contribution < -0.4 is 10.5 Å². The van der Waals surface area contributed by atoms with Gasteiger partial charge < -0.3 is 15.9 Å². The molecular weight excluding hydrogens is 418 g/mol. The first kappa shape index (κ1) is 27.4. The lowest BCUT2D eigenvalue weighted by molar-refractivity contribution is -0.139. The number of nitrogens with two attached hydrogens (primary N) is 1. The third-order valence-electron chi connectivity index (χ3n) is 2.31. The molecule has 0 aromatic heterocycles. The Bertz CT molecular complexity index is 819. The monoisotopic (exact) mass is 439 g/mol. The molecule has 14 heteroatoms. The van der Waals surface area contributed by atoms with E-state index in [1.54, 1.807) is 0 Å². The third-order valence-corrected chi connectivity index (χ3v) is 3.36. The van der Waals surface area contributed by atoms with Crippen molar-refractivity contribution in [1.29, 1.82) is 0 Å². The third kappa shape index (κ3) is 23.2. The van der Waals surface area contributed by atoms with Gasteiger partial charge in [0.1, 0.15) is 6.04 Å². The number of aliphatic carboxylic acids is 2. The highest BCUT2D eigenvalue weighted by Gasteiger charge is 2.21. The summed E-state index contributed by atoms with van der Waals surface area (Å²) in [5, 5.41) is 16.4. The predicted octanol–water partition coefficient (Wildman–Crippen LogP) is -0.925. The van der Waals surface area contributed by atoms with Crippen molar-refractivity contribution in [2.24, 2.45) is 10.1 Å². The van der Waals surface area contributed by atoms with Crippen LogP contribution in [0.2, 0.25) is 0 Å². The van der Waals surface area contributed by atoms with Crippen LogP contribution in [0.3, 0.4) is 0 Å². The number of nitrogens with zero attached hydrogens (tertiary/aromatic N) is 1. The molecule has 1 rings (SSSR count). The van der Waals surface area contributed by atoms with Crippen molar-refractivity contribution in [2.75, 3.05) is 12.8 Å². The Kier molecular flexibility index (Phi) is 14.9. The highest BCUT2D eigenvalue weighted by Crippen LogP contribution is 1.98. The maximum absolute atomic E-state index is 10.7. The van der Waals surface area contributed by atoms with Gasteiger partial charge in [-0.1, -0.05) is 36.4 Å². The standard InChI is InChI=1S/C6H12N2O5S.C6H6.C2H3NO4S/c1-14(12,13)8-4(6(10)11)2-3-5(7)9;1-2-4-6-5-3-1;4-2(5)1-3-8(6)7/h4,8H,2-3H2,1H3,(H2,7,9)(H,10,11);1-6H;1H2,(H,4,5). The summed E-state index contributed by atoms with van der Waals surface area (Å²) in [5.74, 6) is -3.27. The fourth-order valence-corrected chi connectivity index (χ4v) is 2.22. The number of carboxylic acids is 2. The fraction of sp³-hybridized carbons (Fsp3) is 0.357. The van der Waals surface area contributed by atoms with E-state index in [2.05, 4.69) is 4.36 Å². The molecule has 0 radical (unpaired) electrons. The van der Waals surface area contributed by atoms with Crippen molar-refractivity contribution in [1.82, 2.24) is 4.72 Å². The van der Waals surface area contributed by atoms with Crippen LogP contribution in [0.4, 0.5) is 0 Å². The van der Waals surface area contributed by atoms with Crippen LogP contribution in [-0.4, -0.2) is 63.7 Å². The summed E-state index contributed by atoms with van der Waals surface area (Å²) in [7, 11) is -6.19. The Morgan fingerprint density at radius 1 is 1.07 bits per heavy atom. The molecule has 1 aromatic rings. The van der Waals surface area contributed by atoms with Gasteiger partial charge in [-0.2, -0.15) is 12.8 Å². The molecule has 0 fully saturated rings. The Morgan fingerprint density at radius 3 is 1.71 bits per heavy atom. The van der Waals surface area contributed by atoms with E-state index in [-0.39, 0.29) is 12.8 Å². The number of hydrogen-bond acceptors (Lipinski definition) is 8. The van der Waals surface area contributed by atoms with Gasteiger partial charge in [-0.15, -0.1) is 0 Å². The molecule has 0 saturated carbocycles. The number of carbonyl (C=O) groups is 3. The lowest BCUT2D eigenvalue weighted by atomic mass is 10.2. The zero-order valence-electron chi connectivity index (χ0n) is 14.8. The number of sulfonamides is 1. The zero-order valence-corrected chi connectivity index (χ0v) is 16.4. The first-order valence-electron chi connectivity index (χ1n) is 7.32. The number of primary amides is 1. The van der Waals surface area contributed by atoms with Crippen LogP contribution in [0, 0.1) is 0 Å². The minimum Gasteiger partial charge on any atom is -0.480 e. The molecule has 158 valence electrons. The van der Waals surface area contributed by atoms with Gasteiger partial charge in [0, 0.05) is 6.42 Å². The summed E-state index contributed by atoms with van der Waals surface area (Å²) in [6.45, 7) is -0.684. The van der Waals surface area contributed by atoms with Gasteiger partial charge in [-0.25, -0.2) is 13.1 Å². The molecule has 0 aliphatic rings. The van der Waals surface area contributed by atoms with E-state index in [0.717, 1.165) is 6.26 Å². The number of nitrogens with one attached hydrogen (secondary N) is 1. The quantitative estimate of drug-likeness (QED) is 0.393. The van der Waals surface area contributed by atoms with E-state index in [0.29, 0.717) is 0 Å². The van der Waals surface area contributed by atoms with Gasteiger partial charge >= 0.3 is 22.4 Å². The van der Waals surface area contributed by atoms with Crippen molar-refractivity contribution >= 4 is 38.4 Å². The normalized spacial score (nSPS) is 10.8. The summed E-state index contributed by atoms with van der Waals surface area (Å²) in [4.78, 5) is 30.4. The number of rotatable bonds is 8. The highest BCUT2D eigenvalue weighted by molar-refractivity contribution is 7.88. The van der Waals surface area contributed by atoms with E-state index < -0.39 is 51.0 Å². The lowest BCUT2D eigenvalue weighted by Gasteiger charge is -2.11. The van der Waals surface area contributed by atoms with E-state index in [4.69, 9.17) is 15.9 Å². The van der Waals surface area contributed by atoms with E-state index in [1.807, 2.05) is 41.1 Å². The average Bonchev–Trinajstić information content (AvgIpc) is 2.58. The first-order valence-corrected chi connectivity index (χ1v) is 10.2. The molecule has 0 spiro atoms. The highest BCUT2D eigenvalue weighted by atomic mass is 32.2. The number of amides is 1. The molecule has 1 amide bonds. The van der Waals surface area contributed by atoms with Gasteiger partial charge in [-0.3, -0.25) is 14.4 Å². The van der Waals surface area contributed by atoms with Gasteiger partial charge in [0.05, 0.1) is 6.26 Å². The van der Waals surface area contributed by atoms with Crippen LogP contribution in [0.1, 0.15) is 12.8 Å². The van der Waals surface area contributed by atoms with Gasteiger partial charge in [0.25, 0.3) is 0 Å². The molecule has 5 N–H and O–H groups in total. The molecule has 28 heavy (non-hydrogen) atoms. The minimum atomic E-state index is -3.60. The van der Waals surface area contributed by atoms with Crippen LogP contribution >= 0.6 is 0 Å². The second-order valence-corrected chi connectivity index (χ2v) is 7.31. The number of carbonyl (C=O) groups excluding carboxylic acids is 1. The Hall–Kier alpha value is -2.84. The summed E-state index contributed by atoms with van der Waals surface area (Å²) in [6.07, 6.45) is 0.504. The van der Waals surface area contributed by atoms with Gasteiger partial charge in [-0.05, 0) is 6.42 Å². The van der Waals surface area contributed by atoms with E-state index in [9.17, 15) is 31.2 Å². The Labute approximate surface area is 163 Å². The zero-order chi connectivity index (χ0) is 22.2. The lowest BCUT2D eigenvalue weighted by Crippen LogP contribution is -2.40. The largest absolute Gasteiger partial charge is 0.480 e. The number of benzene rings is 1. The predicted molar refractivity (Wildman–Crippen MR) is 98.1 cm³/mol. The van der Waals surface area contributed by atoms with Gasteiger partial charge in [0.15, 0.2) is 6.54 Å². The SMILES string of the molecule is CS(=O)(=O)NC(CCC(N)=O)C(=O)O.O=C(O)CN=S(=O)=O.c1ccccc1. The molecule has 0 bridgehead atoms. The molecule has 0 aliphatic carbocycles. The number of hydrogen-bond donors (Lipinski definition) is 4. The summed E-state index contributed by atoms with van der Waals surface area (Å²) in [5.41, 5.74) is 4.80. The second kappa shape index (κ2) is 15.2. The maximum atomic E-state index is 10.7. The topological polar surface area (TPSA) is 210 Å². The van der Waals surface area contributed by atoms with Crippen molar-refractivity contribution in [2.45, 2.75) is 18.9 Å². The summed E-state index contributed by atoms with van der Waals surface area (Å²) < 4.78 is 44.9. The number of carboxylic acid groups (broad SMARTS) is 2. The van der Waals surface area contributed by atoms with Crippen LogP contribution in [-0.2, 0) is 34.9 Å². The molecule has 1 aromatic carbocycles. The first-order chi connectivity index (χ1) is 12.8. The van der Waals surface area contributed by atoms with Gasteiger partial charge in [0.2, 0.25) is 15.9 Å². The Balaban J connectivity index is 0. The van der Waals surface area contributed by atoms with Crippen molar-refractivity contribution in [3.63, 3.8) is 0 Å². The van der Waals surface area contributed by atoms with Crippen molar-refractivity contribution in [3.05, 3.63) is 36.4 Å². The summed E-state index contributed by atoms with van der Waals surface area (Å²) in [6, 6.07) is 10.7. The van der Waals surface area contributed by atoms with Crippen LogP contribution in [0.15, 0.2) is 40.8 Å². The van der Waals surface area contributed by atoms with Crippen molar-refractivity contribution in [3.8, 4) is 0 Å². The average molecular weight is 439 g/mol.